The quantitative estimate of drug-likeness (QED) is 0.820. The first kappa shape index (κ1) is 13.9. The molecule has 1 aliphatic rings. The van der Waals surface area contributed by atoms with Crippen molar-refractivity contribution in [3.8, 4) is 0 Å². The fourth-order valence-corrected chi connectivity index (χ4v) is 3.42. The summed E-state index contributed by atoms with van der Waals surface area (Å²) in [7, 11) is 0. The van der Waals surface area contributed by atoms with Gasteiger partial charge < -0.3 is 5.73 Å². The van der Waals surface area contributed by atoms with E-state index in [1.807, 2.05) is 24.3 Å². The maximum absolute atomic E-state index is 6.30. The first-order valence-corrected chi connectivity index (χ1v) is 7.83. The lowest BCUT2D eigenvalue weighted by Gasteiger charge is -2.29. The van der Waals surface area contributed by atoms with Crippen molar-refractivity contribution in [2.24, 2.45) is 0 Å². The second-order valence-corrected chi connectivity index (χ2v) is 6.50. The van der Waals surface area contributed by atoms with E-state index in [4.69, 9.17) is 17.3 Å². The molecular weight excluding hydrogens is 336 g/mol. The normalized spacial score (nSPS) is 15.1. The van der Waals surface area contributed by atoms with Crippen molar-refractivity contribution >= 4 is 33.2 Å². The van der Waals surface area contributed by atoms with Crippen molar-refractivity contribution in [3.63, 3.8) is 0 Å². The van der Waals surface area contributed by atoms with Crippen LogP contribution >= 0.6 is 27.5 Å². The Kier molecular flexibility index (Phi) is 4.01. The van der Waals surface area contributed by atoms with Crippen LogP contribution in [0.1, 0.15) is 16.7 Å². The van der Waals surface area contributed by atoms with Crippen molar-refractivity contribution in [3.05, 3.63) is 62.6 Å². The van der Waals surface area contributed by atoms with E-state index in [2.05, 4.69) is 33.0 Å². The second-order valence-electron chi connectivity index (χ2n) is 5.18. The molecule has 0 aromatic heterocycles. The van der Waals surface area contributed by atoms with E-state index < -0.39 is 0 Å². The van der Waals surface area contributed by atoms with Gasteiger partial charge >= 0.3 is 0 Å². The summed E-state index contributed by atoms with van der Waals surface area (Å²) in [6.45, 7) is 2.80. The molecule has 4 heteroatoms. The average molecular weight is 352 g/mol. The molecule has 2 N–H and O–H groups in total. The van der Waals surface area contributed by atoms with Crippen LogP contribution in [0.5, 0.6) is 0 Å². The molecule has 20 heavy (non-hydrogen) atoms. The standard InChI is InChI=1S/C16H16BrClN2/c17-13-5-4-12(15(18)8-13)9-20-7-6-11-2-1-3-16(19)14(11)10-20/h1-5,8H,6-7,9-10,19H2. The first-order valence-electron chi connectivity index (χ1n) is 6.66. The molecule has 0 fully saturated rings. The zero-order valence-electron chi connectivity index (χ0n) is 11.1. The molecule has 0 amide bonds. The third kappa shape index (κ3) is 2.85. The van der Waals surface area contributed by atoms with Gasteiger partial charge in [-0.05, 0) is 41.3 Å². The lowest BCUT2D eigenvalue weighted by molar-refractivity contribution is 0.246. The van der Waals surface area contributed by atoms with E-state index in [0.717, 1.165) is 46.8 Å². The SMILES string of the molecule is Nc1cccc2c1CN(Cc1ccc(Br)cc1Cl)CC2. The smallest absolute Gasteiger partial charge is 0.0462 e. The van der Waals surface area contributed by atoms with Gasteiger partial charge in [0.2, 0.25) is 0 Å². The Morgan fingerprint density at radius 3 is 2.90 bits per heavy atom. The van der Waals surface area contributed by atoms with E-state index in [9.17, 15) is 0 Å². The molecule has 3 rings (SSSR count). The fraction of sp³-hybridized carbons (Fsp3) is 0.250. The molecular formula is C16H16BrClN2. The summed E-state index contributed by atoms with van der Waals surface area (Å²) in [6.07, 6.45) is 1.05. The summed E-state index contributed by atoms with van der Waals surface area (Å²) >= 11 is 9.74. The number of rotatable bonds is 2. The van der Waals surface area contributed by atoms with Gasteiger partial charge in [-0.1, -0.05) is 45.7 Å². The number of hydrogen-bond acceptors (Lipinski definition) is 2. The molecule has 104 valence electrons. The van der Waals surface area contributed by atoms with Crippen LogP contribution in [0.15, 0.2) is 40.9 Å². The molecule has 0 saturated carbocycles. The number of fused-ring (bicyclic) bond motifs is 1. The molecule has 2 aromatic carbocycles. The monoisotopic (exact) mass is 350 g/mol. The van der Waals surface area contributed by atoms with Crippen molar-refractivity contribution in [1.29, 1.82) is 0 Å². The predicted molar refractivity (Wildman–Crippen MR) is 87.8 cm³/mol. The topological polar surface area (TPSA) is 29.3 Å². The number of halogens is 2. The Hall–Kier alpha value is -1.03. The van der Waals surface area contributed by atoms with Crippen LogP contribution in [0.4, 0.5) is 5.69 Å². The Morgan fingerprint density at radius 1 is 1.25 bits per heavy atom. The van der Waals surface area contributed by atoms with Crippen LogP contribution in [0.2, 0.25) is 5.02 Å². The van der Waals surface area contributed by atoms with Gasteiger partial charge in [0, 0.05) is 34.8 Å². The highest BCUT2D eigenvalue weighted by Gasteiger charge is 2.18. The third-order valence-electron chi connectivity index (χ3n) is 3.80. The molecule has 1 heterocycles. The molecule has 0 bridgehead atoms. The van der Waals surface area contributed by atoms with Crippen LogP contribution in [0.3, 0.4) is 0 Å². The molecule has 0 aliphatic carbocycles. The lowest BCUT2D eigenvalue weighted by Crippen LogP contribution is -2.30. The largest absolute Gasteiger partial charge is 0.398 e. The summed E-state index contributed by atoms with van der Waals surface area (Å²) in [4.78, 5) is 2.40. The molecule has 2 aromatic rings. The van der Waals surface area contributed by atoms with E-state index in [1.165, 1.54) is 11.1 Å². The van der Waals surface area contributed by atoms with E-state index in [0.29, 0.717) is 0 Å². The Balaban J connectivity index is 1.79. The van der Waals surface area contributed by atoms with Crippen molar-refractivity contribution in [2.75, 3.05) is 12.3 Å². The molecule has 0 radical (unpaired) electrons. The summed E-state index contributed by atoms with van der Waals surface area (Å²) in [6, 6.07) is 12.3. The zero-order valence-corrected chi connectivity index (χ0v) is 13.4. The van der Waals surface area contributed by atoms with Gasteiger partial charge in [-0.25, -0.2) is 0 Å². The number of hydrogen-bond donors (Lipinski definition) is 1. The van der Waals surface area contributed by atoms with E-state index >= 15 is 0 Å². The Bertz CT molecular complexity index is 642. The van der Waals surface area contributed by atoms with Crippen LogP contribution < -0.4 is 5.73 Å². The second kappa shape index (κ2) is 5.76. The number of nitrogens with zero attached hydrogens (tertiary/aromatic N) is 1. The lowest BCUT2D eigenvalue weighted by atomic mass is 9.98. The van der Waals surface area contributed by atoms with Crippen LogP contribution in [0.25, 0.3) is 0 Å². The highest BCUT2D eigenvalue weighted by Crippen LogP contribution is 2.27. The minimum absolute atomic E-state index is 0.811. The van der Waals surface area contributed by atoms with Gasteiger partial charge in [0.1, 0.15) is 0 Å². The highest BCUT2D eigenvalue weighted by atomic mass is 79.9. The first-order chi connectivity index (χ1) is 9.63. The maximum atomic E-state index is 6.30. The van der Waals surface area contributed by atoms with Gasteiger partial charge in [-0.3, -0.25) is 4.90 Å². The highest BCUT2D eigenvalue weighted by molar-refractivity contribution is 9.10. The maximum Gasteiger partial charge on any atom is 0.0462 e. The van der Waals surface area contributed by atoms with Gasteiger partial charge in [0.25, 0.3) is 0 Å². The number of benzene rings is 2. The number of anilines is 1. The summed E-state index contributed by atoms with van der Waals surface area (Å²) in [5.74, 6) is 0. The zero-order chi connectivity index (χ0) is 14.1. The molecule has 0 unspecified atom stereocenters. The predicted octanol–water partition coefficient (Wildman–Crippen LogP) is 4.24. The molecule has 1 aliphatic heterocycles. The molecule has 0 saturated heterocycles. The van der Waals surface area contributed by atoms with Crippen molar-refractivity contribution in [1.82, 2.24) is 4.90 Å². The Morgan fingerprint density at radius 2 is 2.10 bits per heavy atom. The fourth-order valence-electron chi connectivity index (χ4n) is 2.69. The van der Waals surface area contributed by atoms with Crippen LogP contribution in [0, 0.1) is 0 Å². The summed E-state index contributed by atoms with van der Waals surface area (Å²) in [5.41, 5.74) is 10.8. The molecule has 2 nitrogen and oxygen atoms in total. The van der Waals surface area contributed by atoms with E-state index in [1.54, 1.807) is 0 Å². The minimum atomic E-state index is 0.811. The summed E-state index contributed by atoms with van der Waals surface area (Å²) in [5, 5.41) is 0.811. The molecule has 0 spiro atoms. The van der Waals surface area contributed by atoms with Gasteiger partial charge in [0.15, 0.2) is 0 Å². The number of nitrogen functional groups attached to an aromatic ring is 1. The average Bonchev–Trinajstić information content (AvgIpc) is 2.43. The van der Waals surface area contributed by atoms with E-state index in [-0.39, 0.29) is 0 Å². The van der Waals surface area contributed by atoms with Gasteiger partial charge in [-0.15, -0.1) is 0 Å². The summed E-state index contributed by atoms with van der Waals surface area (Å²) < 4.78 is 1.01. The third-order valence-corrected chi connectivity index (χ3v) is 4.64. The number of nitrogens with two attached hydrogens (primary N) is 1. The van der Waals surface area contributed by atoms with Crippen LogP contribution in [-0.2, 0) is 19.5 Å². The van der Waals surface area contributed by atoms with Crippen LogP contribution in [-0.4, -0.2) is 11.4 Å². The Labute approximate surface area is 132 Å². The molecule has 0 atom stereocenters. The van der Waals surface area contributed by atoms with Crippen molar-refractivity contribution < 1.29 is 0 Å². The minimum Gasteiger partial charge on any atom is -0.398 e. The van der Waals surface area contributed by atoms with Crippen molar-refractivity contribution in [2.45, 2.75) is 19.5 Å². The van der Waals surface area contributed by atoms with Gasteiger partial charge in [-0.2, -0.15) is 0 Å². The van der Waals surface area contributed by atoms with Gasteiger partial charge in [0.05, 0.1) is 0 Å².